The molecule has 0 bridgehead atoms. The van der Waals surface area contributed by atoms with Crippen LogP contribution in [-0.4, -0.2) is 66.1 Å². The Morgan fingerprint density at radius 2 is 1.69 bits per heavy atom. The number of nitrogens with one attached hydrogen (secondary N) is 1. The van der Waals surface area contributed by atoms with E-state index in [4.69, 9.17) is 19.5 Å². The number of hydrogen-bond donors (Lipinski definition) is 2. The Kier molecular flexibility index (Phi) is 10.5. The Balaban J connectivity index is 1.31. The number of nitrogens with zero attached hydrogens (tertiary/aromatic N) is 3. The van der Waals surface area contributed by atoms with E-state index in [1.54, 1.807) is 12.1 Å². The number of carbonyl (C=O) groups is 3. The summed E-state index contributed by atoms with van der Waals surface area (Å²) in [6.07, 6.45) is 1.44. The number of oxime groups is 1. The molecule has 2 aliphatic heterocycles. The molecule has 1 fully saturated rings. The van der Waals surface area contributed by atoms with Crippen LogP contribution in [-0.2, 0) is 38.3 Å². The molecule has 3 heterocycles. The summed E-state index contributed by atoms with van der Waals surface area (Å²) in [5, 5.41) is 7.48. The van der Waals surface area contributed by atoms with Crippen molar-refractivity contribution in [1.29, 1.82) is 0 Å². The summed E-state index contributed by atoms with van der Waals surface area (Å²) in [6.45, 7) is 1.83. The van der Waals surface area contributed by atoms with Crippen molar-refractivity contribution in [2.75, 3.05) is 18.6 Å². The lowest BCUT2D eigenvalue weighted by atomic mass is 10.0. The number of fused-ring (bicyclic) bond motifs is 1. The maximum absolute atomic E-state index is 14.2. The fourth-order valence-corrected chi connectivity index (χ4v) is 8.00. The van der Waals surface area contributed by atoms with E-state index >= 15 is 0 Å². The van der Waals surface area contributed by atoms with Gasteiger partial charge >= 0.3 is 16.1 Å². The number of ether oxygens (including phenoxy) is 1. The van der Waals surface area contributed by atoms with E-state index in [9.17, 15) is 22.8 Å². The van der Waals surface area contributed by atoms with Gasteiger partial charge in [-0.1, -0.05) is 83.5 Å². The SMILES string of the molecule is CON=C(C(=O)N[C@@H]1C(=O)N2C(C(=O)OC(c3ccccc3)c3ccccc3)=C(/C=C/OS(=O)(=O)c3ccc(C)cc3)CS[C@H]12)c1csc(N)n1. The van der Waals surface area contributed by atoms with E-state index < -0.39 is 45.4 Å². The second-order valence-corrected chi connectivity index (χ2v) is 14.8. The number of nitrogens with two attached hydrogens (primary N) is 1. The quantitative estimate of drug-likeness (QED) is 0.0528. The highest BCUT2D eigenvalue weighted by Gasteiger charge is 2.55. The fraction of sp³-hybridized carbons (Fsp3) is 0.171. The van der Waals surface area contributed by atoms with Crippen LogP contribution in [0.4, 0.5) is 5.13 Å². The van der Waals surface area contributed by atoms with Crippen LogP contribution in [0.25, 0.3) is 0 Å². The average molecular weight is 746 g/mol. The van der Waals surface area contributed by atoms with Crippen molar-refractivity contribution in [2.45, 2.75) is 29.3 Å². The number of rotatable bonds is 12. The standard InChI is InChI=1S/C35H31N5O8S3/c1-21-13-15-25(16-14-21)51(44,45)47-18-17-24-19-49-33-28(38-31(41)27(39-46-2)26-20-50-35(36)37-26)32(42)40(33)29(24)34(43)48-30(22-9-5-3-6-10-22)23-11-7-4-8-12-23/h3-18,20,28,30,33H,19H2,1-2H3,(H2,36,37)(H,38,41)/b18-17+,39-27?/t28-,33-/m1/s1. The molecular weight excluding hydrogens is 715 g/mol. The Morgan fingerprint density at radius 1 is 1.04 bits per heavy atom. The fourth-order valence-electron chi connectivity index (χ4n) is 5.35. The largest absolute Gasteiger partial charge is 0.448 e. The van der Waals surface area contributed by atoms with Crippen LogP contribution in [0.2, 0.25) is 0 Å². The number of anilines is 1. The molecule has 1 aromatic heterocycles. The first kappa shape index (κ1) is 35.4. The molecule has 3 N–H and O–H groups in total. The van der Waals surface area contributed by atoms with Gasteiger partial charge in [0.25, 0.3) is 11.8 Å². The van der Waals surface area contributed by atoms with Crippen LogP contribution in [0.1, 0.15) is 28.5 Å². The first-order chi connectivity index (χ1) is 24.6. The maximum Gasteiger partial charge on any atom is 0.356 e. The van der Waals surface area contributed by atoms with Crippen molar-refractivity contribution in [3.63, 3.8) is 0 Å². The molecule has 2 aliphatic rings. The number of β-lactam (4-membered cyclic amide) rings is 1. The van der Waals surface area contributed by atoms with Crippen molar-refractivity contribution in [2.24, 2.45) is 5.16 Å². The van der Waals surface area contributed by atoms with Crippen molar-refractivity contribution >= 4 is 61.8 Å². The number of thiazole rings is 1. The molecular formula is C35H31N5O8S3. The highest BCUT2D eigenvalue weighted by molar-refractivity contribution is 8.00. The van der Waals surface area contributed by atoms with Crippen LogP contribution < -0.4 is 11.1 Å². The van der Waals surface area contributed by atoms with Crippen LogP contribution in [0, 0.1) is 6.92 Å². The number of amides is 2. The van der Waals surface area contributed by atoms with Crippen molar-refractivity contribution in [3.05, 3.63) is 136 Å². The molecule has 51 heavy (non-hydrogen) atoms. The Morgan fingerprint density at radius 3 is 2.27 bits per heavy atom. The van der Waals surface area contributed by atoms with E-state index in [0.29, 0.717) is 11.1 Å². The minimum Gasteiger partial charge on any atom is -0.448 e. The maximum atomic E-state index is 14.2. The summed E-state index contributed by atoms with van der Waals surface area (Å²) in [5.41, 5.74) is 8.14. The monoisotopic (exact) mass is 745 g/mol. The normalized spacial score (nSPS) is 17.6. The van der Waals surface area contributed by atoms with Gasteiger partial charge in [0.2, 0.25) is 0 Å². The topological polar surface area (TPSA) is 180 Å². The molecule has 4 aromatic rings. The van der Waals surface area contributed by atoms with Gasteiger partial charge in [-0.25, -0.2) is 9.78 Å². The lowest BCUT2D eigenvalue weighted by molar-refractivity contribution is -0.154. The van der Waals surface area contributed by atoms with E-state index in [1.165, 1.54) is 47.4 Å². The Labute approximate surface area is 301 Å². The van der Waals surface area contributed by atoms with Crippen molar-refractivity contribution < 1.29 is 36.6 Å². The summed E-state index contributed by atoms with van der Waals surface area (Å²) in [7, 11) is -2.91. The second-order valence-electron chi connectivity index (χ2n) is 11.2. The molecule has 0 radical (unpaired) electrons. The van der Waals surface area contributed by atoms with Crippen molar-refractivity contribution in [1.82, 2.24) is 15.2 Å². The molecule has 2 atom stereocenters. The average Bonchev–Trinajstić information content (AvgIpc) is 3.57. The number of carbonyl (C=O) groups excluding carboxylic acids is 3. The molecule has 0 saturated carbocycles. The zero-order valence-corrected chi connectivity index (χ0v) is 29.6. The third-order valence-corrected chi connectivity index (χ3v) is 11.0. The minimum atomic E-state index is -4.18. The zero-order chi connectivity index (χ0) is 36.1. The molecule has 13 nitrogen and oxygen atoms in total. The van der Waals surface area contributed by atoms with Gasteiger partial charge < -0.3 is 24.8 Å². The molecule has 0 unspecified atom stereocenters. The molecule has 262 valence electrons. The smallest absolute Gasteiger partial charge is 0.356 e. The molecule has 6 rings (SSSR count). The minimum absolute atomic E-state index is 0.0498. The highest BCUT2D eigenvalue weighted by atomic mass is 32.2. The summed E-state index contributed by atoms with van der Waals surface area (Å²) in [4.78, 5) is 51.4. The van der Waals surface area contributed by atoms with Gasteiger partial charge in [-0.05, 0) is 41.8 Å². The number of aromatic nitrogens is 1. The summed E-state index contributed by atoms with van der Waals surface area (Å²) >= 11 is 2.36. The van der Waals surface area contributed by atoms with Gasteiger partial charge in [0.15, 0.2) is 16.9 Å². The van der Waals surface area contributed by atoms with Crippen LogP contribution in [0.3, 0.4) is 0 Å². The molecule has 0 spiro atoms. The van der Waals surface area contributed by atoms with E-state index in [0.717, 1.165) is 23.2 Å². The molecule has 1 saturated heterocycles. The first-order valence-corrected chi connectivity index (χ1v) is 18.7. The molecule has 3 aromatic carbocycles. The number of esters is 1. The van der Waals surface area contributed by atoms with Crippen LogP contribution in [0.5, 0.6) is 0 Å². The number of benzene rings is 3. The number of aryl methyl sites for hydroxylation is 1. The summed E-state index contributed by atoms with van der Waals surface area (Å²) in [5.74, 6) is -2.03. The van der Waals surface area contributed by atoms with E-state index in [2.05, 4.69) is 15.5 Å². The Bertz CT molecular complexity index is 2100. The van der Waals surface area contributed by atoms with Gasteiger partial charge in [-0.2, -0.15) is 8.42 Å². The lowest BCUT2D eigenvalue weighted by Gasteiger charge is -2.49. The lowest BCUT2D eigenvalue weighted by Crippen LogP contribution is -2.71. The molecule has 0 aliphatic carbocycles. The van der Waals surface area contributed by atoms with Gasteiger partial charge in [0.05, 0.1) is 0 Å². The van der Waals surface area contributed by atoms with E-state index in [1.807, 2.05) is 67.6 Å². The van der Waals surface area contributed by atoms with Gasteiger partial charge in [0.1, 0.15) is 41.1 Å². The van der Waals surface area contributed by atoms with Gasteiger partial charge in [-0.3, -0.25) is 14.5 Å². The van der Waals surface area contributed by atoms with E-state index in [-0.39, 0.29) is 38.5 Å². The summed E-state index contributed by atoms with van der Waals surface area (Å²) in [6, 6.07) is 23.3. The van der Waals surface area contributed by atoms with Gasteiger partial charge in [-0.15, -0.1) is 23.1 Å². The molecule has 2 amide bonds. The van der Waals surface area contributed by atoms with Crippen LogP contribution in [0.15, 0.2) is 124 Å². The van der Waals surface area contributed by atoms with Gasteiger partial charge in [0, 0.05) is 11.1 Å². The van der Waals surface area contributed by atoms with Crippen molar-refractivity contribution in [3.8, 4) is 0 Å². The number of hydrogen-bond acceptors (Lipinski definition) is 13. The second kappa shape index (κ2) is 15.2. The number of nitrogen functional groups attached to an aromatic ring is 1. The predicted octanol–water partition coefficient (Wildman–Crippen LogP) is 4.29. The number of thioether (sulfide) groups is 1. The third-order valence-electron chi connectivity index (χ3n) is 7.83. The third kappa shape index (κ3) is 7.67. The zero-order valence-electron chi connectivity index (χ0n) is 27.2. The summed E-state index contributed by atoms with van der Waals surface area (Å²) < 4.78 is 37.0. The highest BCUT2D eigenvalue weighted by Crippen LogP contribution is 2.42. The Hall–Kier alpha value is -5.45. The number of allylic oxidation sites excluding steroid dienone is 1. The van der Waals surface area contributed by atoms with Crippen LogP contribution >= 0.6 is 23.1 Å². The molecule has 16 heteroatoms. The first-order valence-electron chi connectivity index (χ1n) is 15.4. The predicted molar refractivity (Wildman–Crippen MR) is 192 cm³/mol.